The van der Waals surface area contributed by atoms with E-state index in [2.05, 4.69) is 67.6 Å². The van der Waals surface area contributed by atoms with Crippen molar-refractivity contribution >= 4 is 44.1 Å². The third kappa shape index (κ3) is 2.69. The number of hydrogen-bond acceptors (Lipinski definition) is 2. The first-order valence-corrected chi connectivity index (χ1v) is 11.8. The highest BCUT2D eigenvalue weighted by Gasteiger charge is 2.25. The quantitative estimate of drug-likeness (QED) is 0.285. The zero-order valence-corrected chi connectivity index (χ0v) is 18.3. The van der Waals surface area contributed by atoms with Gasteiger partial charge in [0.05, 0.1) is 11.4 Å². The summed E-state index contributed by atoms with van der Waals surface area (Å²) in [4.78, 5) is 5.16. The van der Waals surface area contributed by atoms with Crippen LogP contribution >= 0.6 is 0 Å². The summed E-state index contributed by atoms with van der Waals surface area (Å²) in [5, 5.41) is 4.93. The predicted molar refractivity (Wildman–Crippen MR) is 133 cm³/mol. The van der Waals surface area contributed by atoms with E-state index in [-0.39, 0.29) is 0 Å². The second kappa shape index (κ2) is 6.80. The van der Waals surface area contributed by atoms with Crippen LogP contribution in [0.5, 0.6) is 0 Å². The number of rotatable bonds is 3. The molecule has 1 aromatic heterocycles. The van der Waals surface area contributed by atoms with E-state index in [9.17, 15) is 0 Å². The lowest BCUT2D eigenvalue weighted by molar-refractivity contribution is 0.547. The molecule has 2 aliphatic rings. The topological polar surface area (TPSA) is 25.5 Å². The van der Waals surface area contributed by atoms with Crippen LogP contribution in [-0.2, 0) is 6.42 Å². The van der Waals surface area contributed by atoms with Crippen LogP contribution in [0.2, 0.25) is 0 Å². The molecule has 0 spiro atoms. The average Bonchev–Trinajstić information content (AvgIpc) is 3.52. The normalized spacial score (nSPS) is 16.0. The minimum Gasteiger partial charge on any atom is -0.455 e. The molecule has 1 aliphatic heterocycles. The number of hydrogen-bond donors (Lipinski definition) is 0. The van der Waals surface area contributed by atoms with Gasteiger partial charge in [-0.15, -0.1) is 0 Å². The number of fused-ring (bicyclic) bond motifs is 3. The number of benzene rings is 4. The fraction of sp³-hybridized carbons (Fsp3) is 0.233. The Morgan fingerprint density at radius 2 is 1.75 bits per heavy atom. The predicted octanol–water partition coefficient (Wildman–Crippen LogP) is 8.26. The largest absolute Gasteiger partial charge is 0.455 e. The second-order valence-corrected chi connectivity index (χ2v) is 9.62. The van der Waals surface area contributed by atoms with Gasteiger partial charge in [-0.1, -0.05) is 62.1 Å². The van der Waals surface area contributed by atoms with Crippen LogP contribution < -0.4 is 0 Å². The van der Waals surface area contributed by atoms with Gasteiger partial charge in [-0.3, -0.25) is 0 Å². The molecule has 2 nitrogen and oxygen atoms in total. The first-order valence-electron chi connectivity index (χ1n) is 11.8. The van der Waals surface area contributed by atoms with E-state index in [1.54, 1.807) is 0 Å². The molecule has 2 heterocycles. The minimum atomic E-state index is 0.825. The molecule has 0 amide bonds. The molecule has 0 saturated heterocycles. The number of aliphatic imine (C=N–C) groups is 1. The molecule has 0 bridgehead atoms. The van der Waals surface area contributed by atoms with E-state index in [1.807, 2.05) is 6.07 Å². The highest BCUT2D eigenvalue weighted by molar-refractivity contribution is 6.30. The highest BCUT2D eigenvalue weighted by atomic mass is 16.3. The van der Waals surface area contributed by atoms with E-state index in [4.69, 9.17) is 9.41 Å². The maximum absolute atomic E-state index is 6.40. The van der Waals surface area contributed by atoms with Crippen LogP contribution in [-0.4, -0.2) is 5.71 Å². The first-order chi connectivity index (χ1) is 15.7. The molecule has 1 fully saturated rings. The number of para-hydroxylation sites is 1. The van der Waals surface area contributed by atoms with Crippen molar-refractivity contribution in [3.63, 3.8) is 0 Å². The van der Waals surface area contributed by atoms with Crippen LogP contribution in [0.15, 0.2) is 76.1 Å². The van der Waals surface area contributed by atoms with Gasteiger partial charge in [-0.25, -0.2) is 4.99 Å². The van der Waals surface area contributed by atoms with Crippen molar-refractivity contribution in [1.82, 2.24) is 0 Å². The molecular formula is C30H25NO. The zero-order valence-electron chi connectivity index (χ0n) is 18.3. The summed E-state index contributed by atoms with van der Waals surface area (Å²) in [6.07, 6.45) is 6.68. The van der Waals surface area contributed by atoms with E-state index >= 15 is 0 Å². The van der Waals surface area contributed by atoms with Gasteiger partial charge in [-0.2, -0.15) is 0 Å². The van der Waals surface area contributed by atoms with Gasteiger partial charge < -0.3 is 4.42 Å². The van der Waals surface area contributed by atoms with E-state index in [1.165, 1.54) is 70.3 Å². The summed E-state index contributed by atoms with van der Waals surface area (Å²) in [5.41, 5.74) is 9.05. The Morgan fingerprint density at radius 1 is 0.875 bits per heavy atom. The van der Waals surface area contributed by atoms with Crippen molar-refractivity contribution in [3.8, 4) is 0 Å². The van der Waals surface area contributed by atoms with Gasteiger partial charge in [0.1, 0.15) is 11.2 Å². The molecule has 0 atom stereocenters. The summed E-state index contributed by atoms with van der Waals surface area (Å²) in [6, 6.07) is 24.1. The number of aryl methyl sites for hydroxylation is 1. The molecule has 5 aromatic rings. The van der Waals surface area contributed by atoms with E-state index in [0.29, 0.717) is 0 Å². The van der Waals surface area contributed by atoms with E-state index < -0.39 is 0 Å². The molecule has 156 valence electrons. The monoisotopic (exact) mass is 415 g/mol. The van der Waals surface area contributed by atoms with Gasteiger partial charge in [0, 0.05) is 27.3 Å². The molecule has 7 rings (SSSR count). The Bertz CT molecular complexity index is 1560. The molecular weight excluding hydrogens is 390 g/mol. The lowest BCUT2D eigenvalue weighted by atomic mass is 9.90. The van der Waals surface area contributed by atoms with Crippen molar-refractivity contribution in [3.05, 3.63) is 89.0 Å². The Labute approximate surface area is 187 Å². The highest BCUT2D eigenvalue weighted by Crippen LogP contribution is 2.41. The van der Waals surface area contributed by atoms with Crippen LogP contribution in [0.25, 0.3) is 32.7 Å². The minimum absolute atomic E-state index is 0.825. The SMILES string of the molecule is Cc1cc(C2=Nc3cccc4cc(CC5CCCC5)cc2c34)c2oc3ccccc3c2c1. The van der Waals surface area contributed by atoms with Gasteiger partial charge in [-0.05, 0) is 66.1 Å². The van der Waals surface area contributed by atoms with Crippen molar-refractivity contribution in [1.29, 1.82) is 0 Å². The fourth-order valence-electron chi connectivity index (χ4n) is 5.95. The zero-order chi connectivity index (χ0) is 21.2. The molecule has 1 aliphatic carbocycles. The lowest BCUT2D eigenvalue weighted by Crippen LogP contribution is -2.04. The summed E-state index contributed by atoms with van der Waals surface area (Å²) < 4.78 is 6.40. The Kier molecular flexibility index (Phi) is 3.87. The second-order valence-electron chi connectivity index (χ2n) is 9.62. The van der Waals surface area contributed by atoms with E-state index in [0.717, 1.165) is 34.0 Å². The first kappa shape index (κ1) is 18.2. The van der Waals surface area contributed by atoms with Gasteiger partial charge in [0.2, 0.25) is 0 Å². The fourth-order valence-corrected chi connectivity index (χ4v) is 5.95. The maximum atomic E-state index is 6.40. The van der Waals surface area contributed by atoms with Gasteiger partial charge in [0.25, 0.3) is 0 Å². The molecule has 1 saturated carbocycles. The van der Waals surface area contributed by atoms with Gasteiger partial charge >= 0.3 is 0 Å². The molecule has 0 N–H and O–H groups in total. The third-order valence-electron chi connectivity index (χ3n) is 7.38. The van der Waals surface area contributed by atoms with Crippen LogP contribution in [0.3, 0.4) is 0 Å². The summed E-state index contributed by atoms with van der Waals surface area (Å²) >= 11 is 0. The van der Waals surface area contributed by atoms with Crippen LogP contribution in [0.1, 0.15) is 47.9 Å². The van der Waals surface area contributed by atoms with Gasteiger partial charge in [0.15, 0.2) is 0 Å². The Hall–Kier alpha value is -3.39. The molecule has 0 radical (unpaired) electrons. The molecule has 32 heavy (non-hydrogen) atoms. The maximum Gasteiger partial charge on any atom is 0.144 e. The van der Waals surface area contributed by atoms with Crippen molar-refractivity contribution in [2.75, 3.05) is 0 Å². The molecule has 0 unspecified atom stereocenters. The molecule has 4 aromatic carbocycles. The Morgan fingerprint density at radius 3 is 2.66 bits per heavy atom. The van der Waals surface area contributed by atoms with Crippen molar-refractivity contribution < 1.29 is 4.42 Å². The lowest BCUT2D eigenvalue weighted by Gasteiger charge is -2.13. The summed E-state index contributed by atoms with van der Waals surface area (Å²) in [5.74, 6) is 0.825. The number of nitrogens with zero attached hydrogens (tertiary/aromatic N) is 1. The van der Waals surface area contributed by atoms with Crippen LogP contribution in [0.4, 0.5) is 5.69 Å². The summed E-state index contributed by atoms with van der Waals surface area (Å²) in [6.45, 7) is 2.17. The number of furan rings is 1. The van der Waals surface area contributed by atoms with Crippen molar-refractivity contribution in [2.24, 2.45) is 10.9 Å². The smallest absolute Gasteiger partial charge is 0.144 e. The third-order valence-corrected chi connectivity index (χ3v) is 7.38. The summed E-state index contributed by atoms with van der Waals surface area (Å²) in [7, 11) is 0. The molecule has 2 heteroatoms. The Balaban J connectivity index is 1.46. The van der Waals surface area contributed by atoms with Crippen LogP contribution in [0, 0.1) is 12.8 Å². The standard InChI is InChI=1S/C30H25NO/c1-18-13-23-22-10-4-5-12-27(22)32-30(23)25(14-18)29-24-17-20(15-19-7-2-3-8-19)16-21-9-6-11-26(31-29)28(21)24/h4-6,9-14,16-17,19H,2-3,7-8,15H2,1H3. The van der Waals surface area contributed by atoms with Crippen molar-refractivity contribution in [2.45, 2.75) is 39.0 Å². The average molecular weight is 416 g/mol.